The number of hydrogen-bond donors (Lipinski definition) is 1. The number of nitrogens with zero attached hydrogens (tertiary/aromatic N) is 5. The zero-order valence-corrected chi connectivity index (χ0v) is 28.9. The standard InChI is InChI=1S/C37H30F4N6O4S/c1-42-37(48)34-24-14-23(30(45(2)52(3,49)50)16-32(24)51-36(34)21-8-7-19(38)13-26(21)41)27-9-10-28-35(44-27)31-15-22-25(40)5-4-6-29(22)47(31)33(43-28)18-46-12-11-20(39)17-46/h4-10,13-16,20H,11-12,17-18H2,1-3H3,(H,42,48). The number of benzene rings is 3. The van der Waals surface area contributed by atoms with Crippen LogP contribution in [-0.4, -0.2) is 73.2 Å². The van der Waals surface area contributed by atoms with Gasteiger partial charge in [0, 0.05) is 55.7 Å². The lowest BCUT2D eigenvalue weighted by Gasteiger charge is -2.21. The predicted molar refractivity (Wildman–Crippen MR) is 190 cm³/mol. The Kier molecular flexibility index (Phi) is 7.95. The van der Waals surface area contributed by atoms with Crippen molar-refractivity contribution in [3.8, 4) is 22.6 Å². The van der Waals surface area contributed by atoms with Crippen LogP contribution >= 0.6 is 0 Å². The van der Waals surface area contributed by atoms with Crippen molar-refractivity contribution < 1.29 is 35.2 Å². The number of sulfonamides is 1. The first kappa shape index (κ1) is 33.6. The number of alkyl halides is 1. The van der Waals surface area contributed by atoms with Gasteiger partial charge < -0.3 is 9.73 Å². The van der Waals surface area contributed by atoms with Gasteiger partial charge in [0.2, 0.25) is 10.0 Å². The van der Waals surface area contributed by atoms with Gasteiger partial charge in [-0.2, -0.15) is 0 Å². The molecule has 1 fully saturated rings. The van der Waals surface area contributed by atoms with Crippen molar-refractivity contribution in [3.05, 3.63) is 95.6 Å². The molecule has 52 heavy (non-hydrogen) atoms. The monoisotopic (exact) mass is 730 g/mol. The van der Waals surface area contributed by atoms with E-state index >= 15 is 8.78 Å². The molecule has 1 N–H and O–H groups in total. The van der Waals surface area contributed by atoms with E-state index in [0.717, 1.165) is 22.7 Å². The Morgan fingerprint density at radius 3 is 2.50 bits per heavy atom. The van der Waals surface area contributed by atoms with Crippen molar-refractivity contribution in [2.24, 2.45) is 0 Å². The molecule has 1 saturated heterocycles. The number of halogens is 4. The van der Waals surface area contributed by atoms with E-state index < -0.39 is 39.6 Å². The average molecular weight is 731 g/mol. The molecule has 1 aliphatic heterocycles. The van der Waals surface area contributed by atoms with Gasteiger partial charge >= 0.3 is 0 Å². The molecule has 266 valence electrons. The third-order valence-electron chi connectivity index (χ3n) is 9.55. The molecule has 15 heteroatoms. The van der Waals surface area contributed by atoms with Crippen molar-refractivity contribution in [2.45, 2.75) is 19.1 Å². The molecule has 3 aromatic carbocycles. The van der Waals surface area contributed by atoms with E-state index in [-0.39, 0.29) is 51.3 Å². The van der Waals surface area contributed by atoms with Crippen LogP contribution in [0.1, 0.15) is 22.6 Å². The number of amides is 1. The molecule has 8 rings (SSSR count). The molecule has 5 heterocycles. The summed E-state index contributed by atoms with van der Waals surface area (Å²) in [6.45, 7) is 1.12. The Hall–Kier alpha value is -5.54. The van der Waals surface area contributed by atoms with Crippen LogP contribution < -0.4 is 9.62 Å². The van der Waals surface area contributed by atoms with Crippen LogP contribution in [0.15, 0.2) is 71.1 Å². The van der Waals surface area contributed by atoms with Crippen molar-refractivity contribution in [1.82, 2.24) is 24.6 Å². The van der Waals surface area contributed by atoms with Gasteiger partial charge in [-0.3, -0.25) is 18.4 Å². The zero-order valence-electron chi connectivity index (χ0n) is 28.0. The second-order valence-electron chi connectivity index (χ2n) is 12.9. The molecule has 0 aliphatic carbocycles. The van der Waals surface area contributed by atoms with Crippen molar-refractivity contribution in [2.75, 3.05) is 37.7 Å². The minimum Gasteiger partial charge on any atom is -0.455 e. The number of fused-ring (bicyclic) bond motifs is 6. The molecule has 10 nitrogen and oxygen atoms in total. The normalized spacial score (nSPS) is 15.4. The lowest BCUT2D eigenvalue weighted by molar-refractivity contribution is 0.0964. The second-order valence-corrected chi connectivity index (χ2v) is 14.9. The molecule has 1 atom stereocenters. The Morgan fingerprint density at radius 1 is 0.981 bits per heavy atom. The molecule has 1 unspecified atom stereocenters. The van der Waals surface area contributed by atoms with Crippen molar-refractivity contribution in [1.29, 1.82) is 0 Å². The zero-order chi connectivity index (χ0) is 36.6. The molecule has 0 saturated carbocycles. The second kappa shape index (κ2) is 12.3. The van der Waals surface area contributed by atoms with Crippen LogP contribution in [0, 0.1) is 17.5 Å². The highest BCUT2D eigenvalue weighted by Crippen LogP contribution is 2.42. The number of nitrogens with one attached hydrogen (secondary N) is 1. The summed E-state index contributed by atoms with van der Waals surface area (Å²) in [4.78, 5) is 25.2. The lowest BCUT2D eigenvalue weighted by atomic mass is 10.0. The molecular formula is C37H30F4N6O4S. The van der Waals surface area contributed by atoms with Gasteiger partial charge in [-0.1, -0.05) is 6.07 Å². The quantitative estimate of drug-likeness (QED) is 0.179. The smallest absolute Gasteiger partial charge is 0.255 e. The number of anilines is 1. The molecule has 0 bridgehead atoms. The van der Waals surface area contributed by atoms with Crippen LogP contribution in [0.2, 0.25) is 0 Å². The van der Waals surface area contributed by atoms with E-state index in [1.807, 2.05) is 4.90 Å². The number of carbonyl (C=O) groups excluding carboxylic acids is 1. The number of hydrogen-bond acceptors (Lipinski definition) is 7. The maximum absolute atomic E-state index is 15.2. The van der Waals surface area contributed by atoms with E-state index in [2.05, 4.69) is 5.32 Å². The summed E-state index contributed by atoms with van der Waals surface area (Å²) >= 11 is 0. The highest BCUT2D eigenvalue weighted by molar-refractivity contribution is 7.92. The predicted octanol–water partition coefficient (Wildman–Crippen LogP) is 6.83. The minimum absolute atomic E-state index is 0.0574. The molecule has 0 radical (unpaired) electrons. The third-order valence-corrected chi connectivity index (χ3v) is 10.7. The minimum atomic E-state index is -3.87. The van der Waals surface area contributed by atoms with E-state index in [9.17, 15) is 22.0 Å². The Balaban J connectivity index is 1.40. The number of carbonyl (C=O) groups is 1. The molecule has 1 amide bonds. The number of rotatable bonds is 7. The van der Waals surface area contributed by atoms with Crippen molar-refractivity contribution >= 4 is 60.0 Å². The summed E-state index contributed by atoms with van der Waals surface area (Å²) in [6, 6.07) is 15.6. The van der Waals surface area contributed by atoms with Crippen LogP contribution in [0.25, 0.3) is 61.0 Å². The summed E-state index contributed by atoms with van der Waals surface area (Å²) < 4.78 is 93.0. The topological polar surface area (TPSA) is 113 Å². The molecule has 7 aromatic rings. The third kappa shape index (κ3) is 5.51. The van der Waals surface area contributed by atoms with Gasteiger partial charge in [0.05, 0.1) is 51.9 Å². The highest BCUT2D eigenvalue weighted by atomic mass is 32.2. The van der Waals surface area contributed by atoms with Gasteiger partial charge in [0.15, 0.2) is 5.76 Å². The first-order chi connectivity index (χ1) is 24.8. The summed E-state index contributed by atoms with van der Waals surface area (Å²) in [5, 5.41) is 3.08. The summed E-state index contributed by atoms with van der Waals surface area (Å²) in [7, 11) is -1.13. The molecule has 1 aliphatic rings. The number of pyridine rings is 1. The van der Waals surface area contributed by atoms with E-state index in [1.165, 1.54) is 32.3 Å². The van der Waals surface area contributed by atoms with Gasteiger partial charge in [0.25, 0.3) is 5.91 Å². The van der Waals surface area contributed by atoms with Crippen LogP contribution in [0.4, 0.5) is 23.2 Å². The fourth-order valence-electron chi connectivity index (χ4n) is 6.94. The van der Waals surface area contributed by atoms with Crippen LogP contribution in [0.3, 0.4) is 0 Å². The maximum atomic E-state index is 15.2. The average Bonchev–Trinajstić information content (AvgIpc) is 3.82. The summed E-state index contributed by atoms with van der Waals surface area (Å²) in [6.07, 6.45) is 0.490. The SMILES string of the molecule is CNC(=O)c1c(-c2ccc(F)cc2F)oc2cc(N(C)S(C)(=O)=O)c(-c3ccc4nc(CN5CCC(F)C5)n5c6cccc(F)c6cc5c4n3)cc12. The van der Waals surface area contributed by atoms with Gasteiger partial charge in [-0.15, -0.1) is 0 Å². The molecule has 4 aromatic heterocycles. The van der Waals surface area contributed by atoms with Gasteiger partial charge in [-0.05, 0) is 55.0 Å². The van der Waals surface area contributed by atoms with Crippen LogP contribution in [-0.2, 0) is 16.6 Å². The largest absolute Gasteiger partial charge is 0.455 e. The number of aromatic nitrogens is 3. The van der Waals surface area contributed by atoms with Gasteiger partial charge in [0.1, 0.15) is 40.5 Å². The van der Waals surface area contributed by atoms with E-state index in [1.54, 1.807) is 34.7 Å². The van der Waals surface area contributed by atoms with Crippen molar-refractivity contribution in [3.63, 3.8) is 0 Å². The fourth-order valence-corrected chi connectivity index (χ4v) is 7.45. The van der Waals surface area contributed by atoms with E-state index in [4.69, 9.17) is 14.4 Å². The fraction of sp³-hybridized carbons (Fsp3) is 0.216. The molecular weight excluding hydrogens is 701 g/mol. The maximum Gasteiger partial charge on any atom is 0.255 e. The Labute approximate surface area is 294 Å². The first-order valence-corrected chi connectivity index (χ1v) is 18.1. The van der Waals surface area contributed by atoms with Gasteiger partial charge in [-0.25, -0.2) is 35.9 Å². The number of likely N-dealkylation sites (tertiary alicyclic amines) is 1. The summed E-state index contributed by atoms with van der Waals surface area (Å²) in [5.41, 5.74) is 2.44. The first-order valence-electron chi connectivity index (χ1n) is 16.3. The Bertz CT molecular complexity index is 2730. The highest BCUT2D eigenvalue weighted by Gasteiger charge is 2.29. The Morgan fingerprint density at radius 2 is 1.79 bits per heavy atom. The van der Waals surface area contributed by atoms with E-state index in [0.29, 0.717) is 58.9 Å². The van der Waals surface area contributed by atoms with Crippen LogP contribution in [0.5, 0.6) is 0 Å². The molecule has 0 spiro atoms. The summed E-state index contributed by atoms with van der Waals surface area (Å²) in [5.74, 6) is -2.47. The number of furan rings is 1. The lowest BCUT2D eigenvalue weighted by Crippen LogP contribution is -2.25.